The van der Waals surface area contributed by atoms with E-state index < -0.39 is 11.9 Å². The van der Waals surface area contributed by atoms with E-state index in [0.29, 0.717) is 83.4 Å². The smallest absolute Gasteiger partial charge is 0.306 e. The maximum Gasteiger partial charge on any atom is 0.306 e. The number of carbonyl (C=O) groups is 2. The molecular formula is C78H93Cl6N19O5. The van der Waals surface area contributed by atoms with Gasteiger partial charge in [-0.1, -0.05) is 87.8 Å². The van der Waals surface area contributed by atoms with Gasteiger partial charge in [-0.2, -0.15) is 20.6 Å². The molecule has 6 unspecified atom stereocenters. The minimum Gasteiger partial charge on any atom is -0.481 e. The van der Waals surface area contributed by atoms with Crippen LogP contribution in [0, 0.1) is 66.6 Å². The lowest BCUT2D eigenvalue weighted by Gasteiger charge is -2.50. The Hall–Kier alpha value is -7.28. The highest BCUT2D eigenvalue weighted by Gasteiger charge is 2.44. The number of aryl methyl sites for hydroxylation is 2. The molecule has 6 atom stereocenters. The number of halogens is 6. The number of hydrogen-bond acceptors (Lipinski definition) is 19. The third kappa shape index (κ3) is 16.8. The number of aliphatic hydroxyl groups is 1. The molecule has 12 heterocycles. The van der Waals surface area contributed by atoms with Crippen molar-refractivity contribution in [3.63, 3.8) is 0 Å². The summed E-state index contributed by atoms with van der Waals surface area (Å²) in [5.74, 6) is 4.94. The van der Waals surface area contributed by atoms with Crippen molar-refractivity contribution in [2.24, 2.45) is 41.4 Å². The Morgan fingerprint density at radius 3 is 1.31 bits per heavy atom. The number of carboxylic acids is 2. The van der Waals surface area contributed by atoms with Crippen LogP contribution in [0.2, 0.25) is 30.1 Å². The number of nitriles is 1. The van der Waals surface area contributed by atoms with Gasteiger partial charge in [0.25, 0.3) is 0 Å². The number of rotatable bonds is 21. The van der Waals surface area contributed by atoms with Crippen molar-refractivity contribution in [2.45, 2.75) is 129 Å². The van der Waals surface area contributed by atoms with Crippen LogP contribution in [0.5, 0.6) is 0 Å². The lowest BCUT2D eigenvalue weighted by atomic mass is 9.76. The third-order valence-corrected chi connectivity index (χ3v) is 25.4. The average Bonchev–Trinajstić information content (AvgIpc) is 1.54. The first-order valence-corrected chi connectivity index (χ1v) is 40.3. The van der Waals surface area contributed by atoms with Crippen LogP contribution < -0.4 is 14.7 Å². The maximum absolute atomic E-state index is 11.2. The molecule has 9 aromatic rings. The van der Waals surface area contributed by atoms with Gasteiger partial charge >= 0.3 is 11.9 Å². The van der Waals surface area contributed by atoms with Gasteiger partial charge in [0.2, 0.25) is 0 Å². The van der Waals surface area contributed by atoms with E-state index in [9.17, 15) is 20.0 Å². The van der Waals surface area contributed by atoms with E-state index in [2.05, 4.69) is 59.4 Å². The molecule has 572 valence electrons. The lowest BCUT2D eigenvalue weighted by Crippen LogP contribution is -2.56. The van der Waals surface area contributed by atoms with E-state index in [4.69, 9.17) is 115 Å². The number of aromatic nitrogens is 12. The quantitative estimate of drug-likeness (QED) is 0.0603. The first kappa shape index (κ1) is 77.4. The minimum absolute atomic E-state index is 0.0956. The van der Waals surface area contributed by atoms with E-state index in [1.807, 2.05) is 72.9 Å². The second-order valence-electron chi connectivity index (χ2n) is 30.7. The van der Waals surface area contributed by atoms with Crippen molar-refractivity contribution < 1.29 is 24.9 Å². The Bertz CT molecular complexity index is 4780. The number of hydrogen-bond donors (Lipinski definition) is 3. The van der Waals surface area contributed by atoms with Gasteiger partial charge in [0.15, 0.2) is 22.6 Å². The molecule has 108 heavy (non-hydrogen) atoms. The number of anilines is 3. The molecular weight excluding hydrogens is 1500 g/mol. The highest BCUT2D eigenvalue weighted by Crippen LogP contribution is 2.42. The molecule has 1 saturated carbocycles. The van der Waals surface area contributed by atoms with Crippen molar-refractivity contribution in [3.05, 3.63) is 137 Å². The minimum atomic E-state index is -0.727. The van der Waals surface area contributed by atoms with Crippen LogP contribution in [0.3, 0.4) is 0 Å². The molecule has 6 saturated heterocycles. The number of likely N-dealkylation sites (tertiary alicyclic amines) is 3. The molecule has 6 aliphatic heterocycles. The summed E-state index contributed by atoms with van der Waals surface area (Å²) in [6.07, 6.45) is 16.2. The average molecular weight is 1590 g/mol. The van der Waals surface area contributed by atoms with E-state index in [1.165, 1.54) is 32.1 Å². The summed E-state index contributed by atoms with van der Waals surface area (Å²) in [4.78, 5) is 65.3. The lowest BCUT2D eigenvalue weighted by molar-refractivity contribution is -0.147. The molecule has 30 heteroatoms. The van der Waals surface area contributed by atoms with Gasteiger partial charge in [-0.3, -0.25) is 9.59 Å². The summed E-state index contributed by atoms with van der Waals surface area (Å²) in [5, 5.41) is 54.5. The number of fused-ring (bicyclic) bond motifs is 3. The van der Waals surface area contributed by atoms with E-state index >= 15 is 0 Å². The summed E-state index contributed by atoms with van der Waals surface area (Å²) in [6, 6.07) is 18.6. The third-order valence-electron chi connectivity index (χ3n) is 23.7. The van der Waals surface area contributed by atoms with Crippen LogP contribution in [-0.2, 0) is 9.59 Å². The van der Waals surface area contributed by atoms with Gasteiger partial charge in [0.1, 0.15) is 40.1 Å². The summed E-state index contributed by atoms with van der Waals surface area (Å²) < 4.78 is 5.55. The van der Waals surface area contributed by atoms with Gasteiger partial charge in [-0.05, 0) is 214 Å². The van der Waals surface area contributed by atoms with E-state index in [1.54, 1.807) is 35.1 Å². The van der Waals surface area contributed by atoms with Gasteiger partial charge < -0.3 is 44.7 Å². The molecule has 7 aliphatic rings. The van der Waals surface area contributed by atoms with E-state index in [0.717, 1.165) is 191 Å². The molecule has 24 nitrogen and oxygen atoms in total. The van der Waals surface area contributed by atoms with Gasteiger partial charge in [0, 0.05) is 115 Å². The fourth-order valence-electron chi connectivity index (χ4n) is 17.2. The molecule has 3 aromatic carbocycles. The van der Waals surface area contributed by atoms with Crippen molar-refractivity contribution in [1.82, 2.24) is 73.9 Å². The highest BCUT2D eigenvalue weighted by molar-refractivity contribution is 6.36. The number of nitrogens with zero attached hydrogens (tertiary/aromatic N) is 19. The van der Waals surface area contributed by atoms with Crippen LogP contribution in [0.1, 0.15) is 143 Å². The highest BCUT2D eigenvalue weighted by atomic mass is 35.5. The summed E-state index contributed by atoms with van der Waals surface area (Å²) in [7, 11) is 0. The number of carboxylic acid groups (broad SMARTS) is 2. The van der Waals surface area contributed by atoms with Crippen LogP contribution >= 0.6 is 69.6 Å². The van der Waals surface area contributed by atoms with E-state index in [-0.39, 0.29) is 42.8 Å². The summed E-state index contributed by atoms with van der Waals surface area (Å²) >= 11 is 37.7. The monoisotopic (exact) mass is 1590 g/mol. The zero-order valence-corrected chi connectivity index (χ0v) is 66.1. The predicted octanol–water partition coefficient (Wildman–Crippen LogP) is 14.3. The summed E-state index contributed by atoms with van der Waals surface area (Å²) in [5.41, 5.74) is 8.87. The standard InChI is InChI=1S/C27H32Cl2N6O2.C26H29Cl2N7O2.C25H32Cl2N6O/c1-15-25-26(35(32-15)16(2)22-6-5-20(28)10-23(22)29)31-24(11-30-25)34-13-19(14-34)17-4-3-7-33(12-17)21-8-18(9-21)27(36)37;1-16(20-7-6-19(27)10-21(20)28)35-26-25(22(11-29)32-35)30-12-23(31-26)34-14-18(15-34)17-4-2-8-33(13-17)9-3-5-24(36)37;1-16-24-25(33(30-16)17(2)21-7-6-20(26)11-22(21)27)29-23(12-28-24)32-14-19(15-32)18-5-3-8-31(13-18)9-4-10-34/h5-6,10-11,16-19,21H,3-4,7-9,12-14H2,1-2H3,(H,36,37);6-7,10,12,16-18H,2-5,8-9,13-15H2,1H3,(H,36,37);6-7,11-12,17-19,34H,3-5,8-10,13-15H2,1-2H3. The van der Waals surface area contributed by atoms with Crippen LogP contribution in [0.15, 0.2) is 73.2 Å². The molecule has 1 aliphatic carbocycles. The molecule has 16 rings (SSSR count). The second kappa shape index (κ2) is 33.7. The topological polar surface area (TPSA) is 269 Å². The Morgan fingerprint density at radius 2 is 0.907 bits per heavy atom. The van der Waals surface area contributed by atoms with Crippen molar-refractivity contribution in [1.29, 1.82) is 5.26 Å². The largest absolute Gasteiger partial charge is 0.481 e. The molecule has 0 radical (unpaired) electrons. The molecule has 0 bridgehead atoms. The Balaban J connectivity index is 0.000000136. The SMILES string of the molecule is CC(c1ccc(Cl)cc1Cl)n1nc(C#N)c2ncc(N3CC(C4CCCN(CCCC(=O)O)C4)C3)nc21.Cc1nn(C(C)c2ccc(Cl)cc2Cl)c2nc(N3CC(C4CCCN(C5CC(C(=O)O)C5)C4)C3)cnc12.Cc1nn(C(C)c2ccc(Cl)cc2Cl)c2nc(N3CC(C4CCCN(CCCO)C4)C3)cnc12. The normalized spacial score (nSPS) is 22.0. The van der Waals surface area contributed by atoms with Gasteiger partial charge in [-0.25, -0.2) is 43.9 Å². The molecule has 7 fully saturated rings. The Kier molecular flexibility index (Phi) is 24.2. The molecule has 0 amide bonds. The van der Waals surface area contributed by atoms with Crippen molar-refractivity contribution >= 4 is 132 Å². The van der Waals surface area contributed by atoms with Gasteiger partial charge in [0.05, 0.1) is 54.0 Å². The fourth-order valence-corrected chi connectivity index (χ4v) is 18.9. The molecule has 0 spiro atoms. The Morgan fingerprint density at radius 1 is 0.519 bits per heavy atom. The fraction of sp³-hybridized carbons (Fsp3) is 0.538. The summed E-state index contributed by atoms with van der Waals surface area (Å²) in [6.45, 7) is 24.5. The number of piperidine rings is 3. The second-order valence-corrected chi connectivity index (χ2v) is 33.3. The number of aliphatic carboxylic acids is 2. The Labute approximate surface area is 659 Å². The van der Waals surface area contributed by atoms with Crippen LogP contribution in [0.4, 0.5) is 17.5 Å². The van der Waals surface area contributed by atoms with Gasteiger partial charge in [-0.15, -0.1) is 0 Å². The predicted molar refractivity (Wildman–Crippen MR) is 423 cm³/mol. The first-order chi connectivity index (χ1) is 52.1. The first-order valence-electron chi connectivity index (χ1n) is 38.0. The van der Waals surface area contributed by atoms with Crippen molar-refractivity contribution in [2.75, 3.05) is 113 Å². The molecule has 3 N–H and O–H groups in total. The zero-order valence-electron chi connectivity index (χ0n) is 61.6. The van der Waals surface area contributed by atoms with Crippen LogP contribution in [-0.4, -0.2) is 205 Å². The number of benzene rings is 3. The number of aliphatic hydroxyl groups excluding tert-OH is 1. The molecule has 6 aromatic heterocycles. The van der Waals surface area contributed by atoms with Crippen LogP contribution in [0.25, 0.3) is 33.5 Å². The zero-order chi connectivity index (χ0) is 75.8. The van der Waals surface area contributed by atoms with Crippen molar-refractivity contribution in [3.8, 4) is 6.07 Å². The maximum atomic E-state index is 11.2.